The van der Waals surface area contributed by atoms with Gasteiger partial charge in [-0.3, -0.25) is 14.5 Å². The van der Waals surface area contributed by atoms with Crippen molar-refractivity contribution in [3.63, 3.8) is 0 Å². The van der Waals surface area contributed by atoms with Gasteiger partial charge in [-0.1, -0.05) is 36.1 Å². The van der Waals surface area contributed by atoms with Crippen LogP contribution in [0.4, 0.5) is 20.2 Å². The van der Waals surface area contributed by atoms with Gasteiger partial charge in [-0.15, -0.1) is 0 Å². The van der Waals surface area contributed by atoms with Gasteiger partial charge in [-0.25, -0.2) is 24.0 Å². The molecule has 0 saturated carbocycles. The van der Waals surface area contributed by atoms with Gasteiger partial charge in [0.2, 0.25) is 5.91 Å². The normalized spacial score (nSPS) is 17.6. The van der Waals surface area contributed by atoms with Crippen molar-refractivity contribution < 1.29 is 37.7 Å². The predicted octanol–water partition coefficient (Wildman–Crippen LogP) is 3.80. The molecule has 3 aromatic carbocycles. The Balaban J connectivity index is 1.14. The van der Waals surface area contributed by atoms with Crippen LogP contribution >= 0.6 is 24.0 Å². The molecule has 3 aromatic rings. The van der Waals surface area contributed by atoms with Crippen molar-refractivity contribution in [2.45, 2.75) is 0 Å². The first-order valence-corrected chi connectivity index (χ1v) is 17.6. The van der Waals surface area contributed by atoms with Gasteiger partial charge in [0.25, 0.3) is 5.91 Å². The molecular formula is C35H36F2N6O6S2. The van der Waals surface area contributed by atoms with Crippen LogP contribution in [0.3, 0.4) is 0 Å². The quantitative estimate of drug-likeness (QED) is 0.159. The molecule has 3 fully saturated rings. The maximum atomic E-state index is 14.1. The van der Waals surface area contributed by atoms with E-state index < -0.39 is 29.4 Å². The highest BCUT2D eigenvalue weighted by Gasteiger charge is 2.33. The number of carboxylic acids is 1. The van der Waals surface area contributed by atoms with E-state index in [0.29, 0.717) is 73.3 Å². The zero-order chi connectivity index (χ0) is 35.9. The van der Waals surface area contributed by atoms with Gasteiger partial charge >= 0.3 is 5.97 Å². The Morgan fingerprint density at radius 3 is 2.49 bits per heavy atom. The zero-order valence-corrected chi connectivity index (χ0v) is 29.1. The summed E-state index contributed by atoms with van der Waals surface area (Å²) in [7, 11) is 0. The van der Waals surface area contributed by atoms with Crippen molar-refractivity contribution in [3.05, 3.63) is 82.3 Å². The first-order chi connectivity index (χ1) is 24.7. The summed E-state index contributed by atoms with van der Waals surface area (Å²) in [6, 6.07) is 13.5. The summed E-state index contributed by atoms with van der Waals surface area (Å²) in [4.78, 5) is 42.8. The molecule has 51 heavy (non-hydrogen) atoms. The lowest BCUT2D eigenvalue weighted by Crippen LogP contribution is -2.45. The fraction of sp³-hybridized carbons (Fsp3) is 0.314. The Hall–Kier alpha value is -4.45. The first kappa shape index (κ1) is 36.3. The molecule has 12 nitrogen and oxygen atoms in total. The molecule has 3 saturated heterocycles. The SMILES string of the molecule is O=C(CNN1C(=O)/C(=C/c2cc(-c3ccc(F)c(F)c3)ccc2OCCN2CCOCC2)SC1=S)Nc1ccc(N2CCNCC2)c(C(=O)O)c1. The van der Waals surface area contributed by atoms with Crippen LogP contribution in [0.1, 0.15) is 15.9 Å². The number of benzene rings is 3. The van der Waals surface area contributed by atoms with Crippen LogP contribution in [-0.4, -0.2) is 109 Å². The van der Waals surface area contributed by atoms with Crippen LogP contribution in [0.5, 0.6) is 5.75 Å². The van der Waals surface area contributed by atoms with Crippen LogP contribution in [0, 0.1) is 11.6 Å². The van der Waals surface area contributed by atoms with Crippen molar-refractivity contribution in [2.24, 2.45) is 0 Å². The summed E-state index contributed by atoms with van der Waals surface area (Å²) in [6.07, 6.45) is 1.61. The molecule has 0 radical (unpaired) electrons. The summed E-state index contributed by atoms with van der Waals surface area (Å²) in [5, 5.41) is 16.8. The van der Waals surface area contributed by atoms with E-state index in [4.69, 9.17) is 21.7 Å². The minimum Gasteiger partial charge on any atom is -0.492 e. The number of halogens is 2. The second-order valence-corrected chi connectivity index (χ2v) is 13.5. The lowest BCUT2D eigenvalue weighted by Gasteiger charge is -2.30. The molecule has 3 aliphatic heterocycles. The van der Waals surface area contributed by atoms with Gasteiger partial charge in [0, 0.05) is 57.1 Å². The number of carboxylic acid groups (broad SMARTS) is 1. The number of nitrogens with zero attached hydrogens (tertiary/aromatic N) is 3. The van der Waals surface area contributed by atoms with Gasteiger partial charge in [-0.2, -0.15) is 0 Å². The van der Waals surface area contributed by atoms with Crippen LogP contribution in [0.2, 0.25) is 0 Å². The molecule has 0 aliphatic carbocycles. The smallest absolute Gasteiger partial charge is 0.337 e. The molecule has 0 atom stereocenters. The number of nitrogens with one attached hydrogen (secondary N) is 3. The number of anilines is 2. The Morgan fingerprint density at radius 2 is 1.75 bits per heavy atom. The summed E-state index contributed by atoms with van der Waals surface area (Å²) >= 11 is 6.48. The fourth-order valence-corrected chi connectivity index (χ4v) is 7.03. The van der Waals surface area contributed by atoms with Crippen molar-refractivity contribution >= 4 is 63.5 Å². The predicted molar refractivity (Wildman–Crippen MR) is 195 cm³/mol. The van der Waals surface area contributed by atoms with E-state index in [9.17, 15) is 28.3 Å². The Bertz CT molecular complexity index is 1850. The summed E-state index contributed by atoms with van der Waals surface area (Å²) in [5.74, 6) is -3.58. The number of amides is 2. The Labute approximate surface area is 302 Å². The van der Waals surface area contributed by atoms with Gasteiger partial charge in [-0.05, 0) is 59.7 Å². The molecule has 0 bridgehead atoms. The molecule has 16 heteroatoms. The molecule has 0 spiro atoms. The van der Waals surface area contributed by atoms with E-state index in [1.807, 2.05) is 4.90 Å². The molecule has 3 aliphatic rings. The number of morpholine rings is 1. The van der Waals surface area contributed by atoms with Crippen molar-refractivity contribution in [3.8, 4) is 16.9 Å². The number of carbonyl (C=O) groups is 3. The number of carbonyl (C=O) groups excluding carboxylic acids is 2. The fourth-order valence-electron chi connectivity index (χ4n) is 5.83. The third-order valence-corrected chi connectivity index (χ3v) is 9.78. The molecular weight excluding hydrogens is 703 g/mol. The lowest BCUT2D eigenvalue weighted by molar-refractivity contribution is -0.124. The molecule has 0 unspecified atom stereocenters. The van der Waals surface area contributed by atoms with Crippen LogP contribution < -0.4 is 25.7 Å². The number of hydrogen-bond donors (Lipinski definition) is 4. The maximum absolute atomic E-state index is 14.1. The third kappa shape index (κ3) is 9.08. The van der Waals surface area contributed by atoms with E-state index in [1.54, 1.807) is 36.4 Å². The summed E-state index contributed by atoms with van der Waals surface area (Å²) in [5.41, 5.74) is 5.26. The average molecular weight is 739 g/mol. The van der Waals surface area contributed by atoms with Gasteiger partial charge in [0.05, 0.1) is 35.9 Å². The van der Waals surface area contributed by atoms with Crippen LogP contribution in [0.25, 0.3) is 17.2 Å². The number of thioether (sulfide) groups is 1. The number of hydrogen-bond acceptors (Lipinski definition) is 11. The molecule has 0 aromatic heterocycles. The number of rotatable bonds is 12. The van der Waals surface area contributed by atoms with Gasteiger partial charge in [0.1, 0.15) is 12.4 Å². The van der Waals surface area contributed by atoms with Crippen molar-refractivity contribution in [1.29, 1.82) is 0 Å². The minimum atomic E-state index is -1.11. The summed E-state index contributed by atoms with van der Waals surface area (Å²) in [6.45, 7) is 6.42. The number of aromatic carboxylic acids is 1. The highest BCUT2D eigenvalue weighted by atomic mass is 32.2. The second-order valence-electron chi connectivity index (χ2n) is 11.9. The van der Waals surface area contributed by atoms with Gasteiger partial charge < -0.3 is 30.1 Å². The highest BCUT2D eigenvalue weighted by Crippen LogP contribution is 2.35. The number of hydrazine groups is 1. The third-order valence-electron chi connectivity index (χ3n) is 8.48. The number of piperazine rings is 1. The molecule has 6 rings (SSSR count). The monoisotopic (exact) mass is 738 g/mol. The van der Waals surface area contributed by atoms with Crippen molar-refractivity contribution in [2.75, 3.05) is 82.4 Å². The Kier molecular flexibility index (Phi) is 11.9. The van der Waals surface area contributed by atoms with E-state index in [1.165, 1.54) is 12.1 Å². The average Bonchev–Trinajstić information content (AvgIpc) is 3.40. The molecule has 4 N–H and O–H groups in total. The standard InChI is InChI=1S/C35H36F2N6O6S2/c36-27-4-1-23(18-28(27)37)22-2-6-30(49-16-13-41-11-14-48-15-12-41)24(17-22)19-31-33(45)43(35(50)51-31)39-21-32(44)40-25-3-5-29(26(20-25)34(46)47)42-9-7-38-8-10-42/h1-6,17-20,38-39H,7-16,21H2,(H,40,44)(H,46,47)/b31-19-. The largest absolute Gasteiger partial charge is 0.492 e. The van der Waals surface area contributed by atoms with E-state index in [2.05, 4.69) is 21.0 Å². The van der Waals surface area contributed by atoms with Gasteiger partial charge in [0.15, 0.2) is 16.0 Å². The van der Waals surface area contributed by atoms with Crippen LogP contribution in [0.15, 0.2) is 59.5 Å². The second kappa shape index (κ2) is 16.7. The first-order valence-electron chi connectivity index (χ1n) is 16.3. The van der Waals surface area contributed by atoms with E-state index in [0.717, 1.165) is 55.1 Å². The van der Waals surface area contributed by atoms with Crippen LogP contribution in [-0.2, 0) is 14.3 Å². The van der Waals surface area contributed by atoms with Crippen molar-refractivity contribution in [1.82, 2.24) is 20.7 Å². The number of thiocarbonyl (C=S) groups is 1. The zero-order valence-electron chi connectivity index (χ0n) is 27.5. The maximum Gasteiger partial charge on any atom is 0.337 e. The van der Waals surface area contributed by atoms with E-state index in [-0.39, 0.29) is 21.3 Å². The highest BCUT2D eigenvalue weighted by molar-refractivity contribution is 8.26. The summed E-state index contributed by atoms with van der Waals surface area (Å²) < 4.78 is 39.4. The molecule has 3 heterocycles. The molecule has 2 amide bonds. The lowest BCUT2D eigenvalue weighted by atomic mass is 10.0. The number of ether oxygens (including phenoxy) is 2. The van der Waals surface area contributed by atoms with E-state index >= 15 is 0 Å². The molecule has 268 valence electrons. The Morgan fingerprint density at radius 1 is 1.00 bits per heavy atom. The topological polar surface area (TPSA) is 136 Å². The minimum absolute atomic E-state index is 0.0720.